The van der Waals surface area contributed by atoms with E-state index in [-0.39, 0.29) is 23.9 Å². The number of hydrogen-bond acceptors (Lipinski definition) is 3. The van der Waals surface area contributed by atoms with Crippen molar-refractivity contribution < 1.29 is 27.9 Å². The highest BCUT2D eigenvalue weighted by atomic mass is 19.4. The summed E-state index contributed by atoms with van der Waals surface area (Å²) in [7, 11) is 0. The van der Waals surface area contributed by atoms with Crippen LogP contribution in [0.1, 0.15) is 57.6 Å². The van der Waals surface area contributed by atoms with Gasteiger partial charge in [0.2, 0.25) is 5.91 Å². The van der Waals surface area contributed by atoms with Crippen LogP contribution in [0, 0.1) is 11.8 Å². The zero-order chi connectivity index (χ0) is 24.3. The van der Waals surface area contributed by atoms with Gasteiger partial charge in [-0.3, -0.25) is 14.6 Å². The van der Waals surface area contributed by atoms with E-state index in [0.29, 0.717) is 25.3 Å². The maximum atomic E-state index is 13.1. The molecule has 1 saturated carbocycles. The van der Waals surface area contributed by atoms with Crippen molar-refractivity contribution in [1.29, 1.82) is 0 Å². The van der Waals surface area contributed by atoms with Crippen LogP contribution in [0.3, 0.4) is 0 Å². The normalized spacial score (nSPS) is 24.0. The summed E-state index contributed by atoms with van der Waals surface area (Å²) < 4.78 is 38.4. The fourth-order valence-corrected chi connectivity index (χ4v) is 5.39. The highest BCUT2D eigenvalue weighted by Crippen LogP contribution is 2.39. The molecule has 1 saturated heterocycles. The summed E-state index contributed by atoms with van der Waals surface area (Å²) in [5.41, 5.74) is 0.186. The van der Waals surface area contributed by atoms with Gasteiger partial charge in [0.25, 0.3) is 0 Å². The zero-order valence-corrected chi connectivity index (χ0v) is 19.4. The number of likely N-dealkylation sites (tertiary alicyclic amines) is 1. The molecule has 0 aromatic heterocycles. The van der Waals surface area contributed by atoms with Gasteiger partial charge >= 0.3 is 12.3 Å². The number of amides is 2. The summed E-state index contributed by atoms with van der Waals surface area (Å²) in [4.78, 5) is 28.3. The third-order valence-electron chi connectivity index (χ3n) is 6.93. The third-order valence-corrected chi connectivity index (χ3v) is 6.93. The molecule has 1 aromatic rings. The Bertz CT molecular complexity index is 828. The number of nitrogens with zero attached hydrogens (tertiary/aromatic N) is 2. The minimum absolute atomic E-state index is 0.0118. The Hall–Kier alpha value is -2.29. The van der Waals surface area contributed by atoms with Gasteiger partial charge in [0.15, 0.2) is 0 Å². The molecule has 1 heterocycles. The van der Waals surface area contributed by atoms with Gasteiger partial charge in [-0.05, 0) is 62.6 Å². The molecule has 2 fully saturated rings. The average Bonchev–Trinajstić information content (AvgIpc) is 3.28. The number of carbonyl (C=O) groups excluding carboxylic acids is 1. The van der Waals surface area contributed by atoms with Gasteiger partial charge in [-0.2, -0.15) is 13.2 Å². The van der Waals surface area contributed by atoms with Crippen LogP contribution in [-0.4, -0.2) is 58.1 Å². The summed E-state index contributed by atoms with van der Waals surface area (Å²) in [6, 6.07) is 4.26. The van der Waals surface area contributed by atoms with Crippen molar-refractivity contribution in [3.63, 3.8) is 0 Å². The first-order chi connectivity index (χ1) is 15.5. The van der Waals surface area contributed by atoms with E-state index in [2.05, 4.69) is 10.2 Å². The Kier molecular flexibility index (Phi) is 7.92. The number of alkyl halides is 3. The number of rotatable bonds is 8. The monoisotopic (exact) mass is 469 g/mol. The third kappa shape index (κ3) is 5.99. The maximum absolute atomic E-state index is 13.1. The Morgan fingerprint density at radius 3 is 2.39 bits per heavy atom. The lowest BCUT2D eigenvalue weighted by molar-refractivity contribution is -0.137. The molecule has 0 bridgehead atoms. The second-order valence-electron chi connectivity index (χ2n) is 9.59. The van der Waals surface area contributed by atoms with Crippen molar-refractivity contribution in [1.82, 2.24) is 15.1 Å². The number of carbonyl (C=O) groups is 2. The Morgan fingerprint density at radius 2 is 1.85 bits per heavy atom. The quantitative estimate of drug-likeness (QED) is 0.584. The molecule has 1 aliphatic carbocycles. The Morgan fingerprint density at radius 1 is 1.18 bits per heavy atom. The van der Waals surface area contributed by atoms with Gasteiger partial charge in [-0.15, -0.1) is 0 Å². The van der Waals surface area contributed by atoms with E-state index in [9.17, 15) is 27.9 Å². The molecule has 0 unspecified atom stereocenters. The molecule has 6 nitrogen and oxygen atoms in total. The lowest BCUT2D eigenvalue weighted by Gasteiger charge is -2.33. The molecular formula is C24H34F3N3O3. The molecule has 1 aliphatic heterocycles. The Labute approximate surface area is 193 Å². The highest BCUT2D eigenvalue weighted by molar-refractivity contribution is 5.85. The summed E-state index contributed by atoms with van der Waals surface area (Å²) in [6.07, 6.45) is -2.42. The SMILES string of the molecule is CCC[C@@H](C(=O)N[C@H]1CC[C@@H]2CN(Cc3ccc(C(F)(F)F)cc3)C[C@@H]21)N(C(=O)O)C(C)C. The maximum Gasteiger partial charge on any atom is 0.416 e. The average molecular weight is 470 g/mol. The molecule has 9 heteroatoms. The van der Waals surface area contributed by atoms with Crippen LogP contribution < -0.4 is 5.32 Å². The first-order valence-electron chi connectivity index (χ1n) is 11.7. The first-order valence-corrected chi connectivity index (χ1v) is 11.7. The highest BCUT2D eigenvalue weighted by Gasteiger charge is 2.44. The van der Waals surface area contributed by atoms with Crippen LogP contribution in [0.25, 0.3) is 0 Å². The lowest BCUT2D eigenvalue weighted by atomic mass is 9.97. The van der Waals surface area contributed by atoms with Gasteiger partial charge in [0.1, 0.15) is 6.04 Å². The van der Waals surface area contributed by atoms with E-state index < -0.39 is 23.9 Å². The minimum Gasteiger partial charge on any atom is -0.465 e. The molecule has 33 heavy (non-hydrogen) atoms. The molecule has 2 aliphatic rings. The largest absolute Gasteiger partial charge is 0.465 e. The van der Waals surface area contributed by atoms with Crippen molar-refractivity contribution in [3.8, 4) is 0 Å². The molecule has 0 spiro atoms. The fourth-order valence-electron chi connectivity index (χ4n) is 5.39. The first kappa shape index (κ1) is 25.3. The van der Waals surface area contributed by atoms with Crippen LogP contribution in [-0.2, 0) is 17.5 Å². The molecule has 184 valence electrons. The topological polar surface area (TPSA) is 72.9 Å². The van der Waals surface area contributed by atoms with Crippen molar-refractivity contribution in [2.75, 3.05) is 13.1 Å². The van der Waals surface area contributed by atoms with Gasteiger partial charge in [0, 0.05) is 31.7 Å². The Balaban J connectivity index is 1.61. The summed E-state index contributed by atoms with van der Waals surface area (Å²) in [6.45, 7) is 7.66. The number of carboxylic acid groups (broad SMARTS) is 1. The van der Waals surface area contributed by atoms with Crippen molar-refractivity contribution in [2.45, 2.75) is 77.3 Å². The number of benzene rings is 1. The standard InChI is InChI=1S/C24H34F3N3O3/c1-4-5-21(30(15(2)3)23(32)33)22(31)28-20-11-8-17-13-29(14-19(17)20)12-16-6-9-18(10-7-16)24(25,26)27/h6-7,9-10,15,17,19-21H,4-5,8,11-14H2,1-3H3,(H,28,31)(H,32,33)/t17-,19+,20+,21+/m1/s1. The van der Waals surface area contributed by atoms with Crippen LogP contribution in [0.5, 0.6) is 0 Å². The smallest absolute Gasteiger partial charge is 0.416 e. The van der Waals surface area contributed by atoms with Crippen LogP contribution >= 0.6 is 0 Å². The van der Waals surface area contributed by atoms with Gasteiger partial charge in [0.05, 0.1) is 5.56 Å². The second-order valence-corrected chi connectivity index (χ2v) is 9.59. The fraction of sp³-hybridized carbons (Fsp3) is 0.667. The summed E-state index contributed by atoms with van der Waals surface area (Å²) >= 11 is 0. The molecule has 2 N–H and O–H groups in total. The molecule has 0 radical (unpaired) electrons. The molecule has 3 rings (SSSR count). The molecular weight excluding hydrogens is 435 g/mol. The van der Waals surface area contributed by atoms with E-state index in [4.69, 9.17) is 0 Å². The number of halogens is 3. The van der Waals surface area contributed by atoms with E-state index >= 15 is 0 Å². The molecule has 2 amide bonds. The van der Waals surface area contributed by atoms with Crippen LogP contribution in [0.15, 0.2) is 24.3 Å². The summed E-state index contributed by atoms with van der Waals surface area (Å²) in [5.74, 6) is 0.456. The van der Waals surface area contributed by atoms with Crippen molar-refractivity contribution in [3.05, 3.63) is 35.4 Å². The van der Waals surface area contributed by atoms with E-state index in [1.165, 1.54) is 17.0 Å². The number of hydrogen-bond donors (Lipinski definition) is 2. The van der Waals surface area contributed by atoms with E-state index in [0.717, 1.165) is 43.6 Å². The minimum atomic E-state index is -4.34. The number of nitrogens with one attached hydrogen (secondary N) is 1. The number of fused-ring (bicyclic) bond motifs is 1. The molecule has 1 aromatic carbocycles. The van der Waals surface area contributed by atoms with Gasteiger partial charge < -0.3 is 10.4 Å². The van der Waals surface area contributed by atoms with Crippen LogP contribution in [0.2, 0.25) is 0 Å². The second kappa shape index (κ2) is 10.3. The van der Waals surface area contributed by atoms with E-state index in [1.54, 1.807) is 13.8 Å². The predicted molar refractivity (Wildman–Crippen MR) is 119 cm³/mol. The van der Waals surface area contributed by atoms with Crippen molar-refractivity contribution >= 4 is 12.0 Å². The van der Waals surface area contributed by atoms with E-state index in [1.807, 2.05) is 6.92 Å². The van der Waals surface area contributed by atoms with Gasteiger partial charge in [-0.25, -0.2) is 4.79 Å². The zero-order valence-electron chi connectivity index (χ0n) is 19.4. The van der Waals surface area contributed by atoms with Gasteiger partial charge in [-0.1, -0.05) is 25.5 Å². The molecule has 4 atom stereocenters. The van der Waals surface area contributed by atoms with Crippen molar-refractivity contribution in [2.24, 2.45) is 11.8 Å². The van der Waals surface area contributed by atoms with Crippen LogP contribution in [0.4, 0.5) is 18.0 Å². The predicted octanol–water partition coefficient (Wildman–Crippen LogP) is 4.59. The lowest BCUT2D eigenvalue weighted by Crippen LogP contribution is -2.54. The summed E-state index contributed by atoms with van der Waals surface area (Å²) in [5, 5.41) is 12.8.